The zero-order valence-electron chi connectivity index (χ0n) is 15.4. The van der Waals surface area contributed by atoms with Gasteiger partial charge in [0.15, 0.2) is 5.82 Å². The first kappa shape index (κ1) is 17.2. The second kappa shape index (κ2) is 7.96. The summed E-state index contributed by atoms with van der Waals surface area (Å²) in [6.45, 7) is 2.21. The van der Waals surface area contributed by atoms with Gasteiger partial charge in [-0.3, -0.25) is 4.40 Å². The maximum absolute atomic E-state index is 4.75. The van der Waals surface area contributed by atoms with Gasteiger partial charge in [-0.2, -0.15) is 0 Å². The first-order valence-electron chi connectivity index (χ1n) is 9.38. The highest BCUT2D eigenvalue weighted by Gasteiger charge is 2.13. The van der Waals surface area contributed by atoms with Crippen LogP contribution in [0.2, 0.25) is 0 Å². The molecule has 0 radical (unpaired) electrons. The maximum Gasteiger partial charge on any atom is 0.187 e. The van der Waals surface area contributed by atoms with Gasteiger partial charge in [-0.05, 0) is 42.7 Å². The van der Waals surface area contributed by atoms with Gasteiger partial charge >= 0.3 is 0 Å². The summed E-state index contributed by atoms with van der Waals surface area (Å²) in [5.74, 6) is 0.742. The average molecular weight is 354 g/mol. The third-order valence-corrected chi connectivity index (χ3v) is 4.57. The van der Waals surface area contributed by atoms with Gasteiger partial charge in [0.25, 0.3) is 0 Å². The number of aryl methyl sites for hydroxylation is 1. The number of imidazole rings is 1. The van der Waals surface area contributed by atoms with E-state index in [9.17, 15) is 0 Å². The lowest BCUT2D eigenvalue weighted by molar-refractivity contribution is 0.795. The van der Waals surface area contributed by atoms with Crippen molar-refractivity contribution in [1.29, 1.82) is 0 Å². The van der Waals surface area contributed by atoms with Gasteiger partial charge in [-0.15, -0.1) is 10.2 Å². The van der Waals surface area contributed by atoms with Crippen molar-refractivity contribution >= 4 is 17.2 Å². The van der Waals surface area contributed by atoms with Gasteiger partial charge in [0.1, 0.15) is 11.3 Å². The Balaban J connectivity index is 1.69. The van der Waals surface area contributed by atoms with E-state index in [1.165, 1.54) is 18.4 Å². The number of aromatic nitrogens is 2. The van der Waals surface area contributed by atoms with Gasteiger partial charge in [0.05, 0.1) is 5.69 Å². The monoisotopic (exact) mass is 354 g/mol. The van der Waals surface area contributed by atoms with Crippen molar-refractivity contribution < 1.29 is 0 Å². The molecule has 2 heterocycles. The van der Waals surface area contributed by atoms with E-state index in [1.54, 1.807) is 0 Å². The number of rotatable bonds is 6. The molecule has 0 fully saturated rings. The molecule has 0 aliphatic carbocycles. The van der Waals surface area contributed by atoms with Gasteiger partial charge in [0.2, 0.25) is 0 Å². The van der Waals surface area contributed by atoms with E-state index in [2.05, 4.69) is 29.3 Å². The molecule has 27 heavy (non-hydrogen) atoms. The van der Waals surface area contributed by atoms with E-state index in [0.717, 1.165) is 34.8 Å². The van der Waals surface area contributed by atoms with Gasteiger partial charge < -0.3 is 0 Å². The summed E-state index contributed by atoms with van der Waals surface area (Å²) in [7, 11) is 0. The molecular weight excluding hydrogens is 332 g/mol. The quantitative estimate of drug-likeness (QED) is 0.353. The molecule has 0 amide bonds. The lowest BCUT2D eigenvalue weighted by Crippen LogP contribution is -1.83. The number of azo groups is 1. The van der Waals surface area contributed by atoms with Crippen molar-refractivity contribution in [1.82, 2.24) is 9.38 Å². The Morgan fingerprint density at radius 3 is 2.41 bits per heavy atom. The highest BCUT2D eigenvalue weighted by atomic mass is 15.2. The minimum atomic E-state index is 0.742. The van der Waals surface area contributed by atoms with E-state index in [4.69, 9.17) is 4.98 Å². The number of fused-ring (bicyclic) bond motifs is 1. The van der Waals surface area contributed by atoms with E-state index in [1.807, 2.05) is 71.3 Å². The summed E-state index contributed by atoms with van der Waals surface area (Å²) < 4.78 is 1.97. The summed E-state index contributed by atoms with van der Waals surface area (Å²) >= 11 is 0. The Morgan fingerprint density at radius 2 is 1.63 bits per heavy atom. The molecule has 4 nitrogen and oxygen atoms in total. The fourth-order valence-corrected chi connectivity index (χ4v) is 3.08. The summed E-state index contributed by atoms with van der Waals surface area (Å²) in [5.41, 5.74) is 4.92. The van der Waals surface area contributed by atoms with Crippen molar-refractivity contribution in [2.75, 3.05) is 0 Å². The van der Waals surface area contributed by atoms with Crippen LogP contribution < -0.4 is 0 Å². The van der Waals surface area contributed by atoms with Crippen molar-refractivity contribution in [3.63, 3.8) is 0 Å². The van der Waals surface area contributed by atoms with E-state index < -0.39 is 0 Å². The van der Waals surface area contributed by atoms with Crippen molar-refractivity contribution in [3.05, 3.63) is 84.6 Å². The Hall–Kier alpha value is -3.27. The number of benzene rings is 2. The number of hydrogen-bond donors (Lipinski definition) is 0. The zero-order valence-corrected chi connectivity index (χ0v) is 15.4. The topological polar surface area (TPSA) is 42.0 Å². The number of nitrogens with zero attached hydrogens (tertiary/aromatic N) is 4. The third kappa shape index (κ3) is 3.80. The van der Waals surface area contributed by atoms with Crippen LogP contribution in [0.5, 0.6) is 0 Å². The molecule has 4 aromatic rings. The number of pyridine rings is 1. The molecule has 2 aromatic carbocycles. The molecule has 0 unspecified atom stereocenters. The van der Waals surface area contributed by atoms with Crippen molar-refractivity contribution in [3.8, 4) is 11.3 Å². The number of hydrogen-bond acceptors (Lipinski definition) is 3. The van der Waals surface area contributed by atoms with Crippen LogP contribution in [-0.4, -0.2) is 9.38 Å². The van der Waals surface area contributed by atoms with E-state index >= 15 is 0 Å². The first-order valence-corrected chi connectivity index (χ1v) is 9.38. The van der Waals surface area contributed by atoms with E-state index in [-0.39, 0.29) is 0 Å². The number of unbranched alkanes of at least 4 members (excludes halogenated alkanes) is 1. The highest BCUT2D eigenvalue weighted by Crippen LogP contribution is 2.32. The summed E-state index contributed by atoms with van der Waals surface area (Å²) in [6.07, 6.45) is 5.50. The Bertz CT molecular complexity index is 1050. The standard InChI is InChI=1S/C23H22N4/c1-2-3-9-18-13-15-20(16-14-18)25-26-23-22(19-10-5-4-6-11-19)24-21-12-7-8-17-27(21)23/h4-8,10-17H,2-3,9H2,1H3. The maximum atomic E-state index is 4.75. The molecule has 0 saturated carbocycles. The molecule has 4 heteroatoms. The van der Waals surface area contributed by atoms with Gasteiger partial charge in [-0.1, -0.05) is 61.9 Å². The van der Waals surface area contributed by atoms with Crippen LogP contribution in [0.15, 0.2) is 89.2 Å². The third-order valence-electron chi connectivity index (χ3n) is 4.57. The molecule has 0 bridgehead atoms. The van der Waals surface area contributed by atoms with Crippen LogP contribution in [0, 0.1) is 0 Å². The summed E-state index contributed by atoms with van der Waals surface area (Å²) in [5, 5.41) is 9.03. The van der Waals surface area contributed by atoms with Crippen LogP contribution in [0.4, 0.5) is 11.5 Å². The minimum Gasteiger partial charge on any atom is -0.283 e. The molecule has 0 saturated heterocycles. The predicted octanol–water partition coefficient (Wildman–Crippen LogP) is 6.76. The smallest absolute Gasteiger partial charge is 0.187 e. The Labute approximate surface area is 159 Å². The van der Waals surface area contributed by atoms with Crippen LogP contribution in [0.3, 0.4) is 0 Å². The molecule has 0 atom stereocenters. The Kier molecular flexibility index (Phi) is 5.06. The highest BCUT2D eigenvalue weighted by molar-refractivity contribution is 5.74. The molecule has 0 aliphatic rings. The molecule has 0 N–H and O–H groups in total. The second-order valence-corrected chi connectivity index (χ2v) is 6.55. The zero-order chi connectivity index (χ0) is 18.5. The fraction of sp³-hybridized carbons (Fsp3) is 0.174. The lowest BCUT2D eigenvalue weighted by Gasteiger charge is -2.01. The molecule has 0 spiro atoms. The fourth-order valence-electron chi connectivity index (χ4n) is 3.08. The van der Waals surface area contributed by atoms with Crippen LogP contribution in [0.1, 0.15) is 25.3 Å². The Morgan fingerprint density at radius 1 is 0.852 bits per heavy atom. The molecule has 4 rings (SSSR count). The summed E-state index contributed by atoms with van der Waals surface area (Å²) in [6, 6.07) is 24.4. The largest absolute Gasteiger partial charge is 0.283 e. The van der Waals surface area contributed by atoms with Gasteiger partial charge in [0, 0.05) is 11.8 Å². The normalized spacial score (nSPS) is 11.4. The SMILES string of the molecule is CCCCc1ccc(N=Nc2c(-c3ccccc3)nc3ccccn23)cc1. The predicted molar refractivity (Wildman–Crippen MR) is 110 cm³/mol. The van der Waals surface area contributed by atoms with Crippen LogP contribution >= 0.6 is 0 Å². The molecule has 134 valence electrons. The lowest BCUT2D eigenvalue weighted by atomic mass is 10.1. The van der Waals surface area contributed by atoms with Crippen LogP contribution in [-0.2, 0) is 6.42 Å². The molecule has 2 aromatic heterocycles. The second-order valence-electron chi connectivity index (χ2n) is 6.55. The van der Waals surface area contributed by atoms with E-state index in [0.29, 0.717) is 0 Å². The van der Waals surface area contributed by atoms with Crippen molar-refractivity contribution in [2.45, 2.75) is 26.2 Å². The minimum absolute atomic E-state index is 0.742. The first-order chi connectivity index (χ1) is 13.3. The molecular formula is C23H22N4. The summed E-state index contributed by atoms with van der Waals surface area (Å²) in [4.78, 5) is 4.75. The molecule has 0 aliphatic heterocycles. The van der Waals surface area contributed by atoms with Gasteiger partial charge in [-0.25, -0.2) is 4.98 Å². The average Bonchev–Trinajstić information content (AvgIpc) is 3.11. The van der Waals surface area contributed by atoms with Crippen LogP contribution in [0.25, 0.3) is 16.9 Å². The van der Waals surface area contributed by atoms with Crippen molar-refractivity contribution in [2.24, 2.45) is 10.2 Å².